The van der Waals surface area contributed by atoms with Crippen molar-refractivity contribution in [3.8, 4) is 0 Å². The lowest BCUT2D eigenvalue weighted by atomic mass is 9.96. The van der Waals surface area contributed by atoms with Crippen LogP contribution in [0.25, 0.3) is 11.0 Å². The standard InChI is InChI=1S/C16H22IN5O2/c1-21-4-2-10(3-5-21)16-23-7-11(8-24-16)22-6-12(17)13-14(18)19-9-20-15(13)22/h6,9-11,16H,2-5,7-8H2,1H3,(H2,18,19,20)/t11-,16+. The van der Waals surface area contributed by atoms with Gasteiger partial charge in [0.05, 0.1) is 24.6 Å². The summed E-state index contributed by atoms with van der Waals surface area (Å²) < 4.78 is 15.3. The van der Waals surface area contributed by atoms with Gasteiger partial charge in [-0.3, -0.25) is 0 Å². The predicted molar refractivity (Wildman–Crippen MR) is 99.6 cm³/mol. The summed E-state index contributed by atoms with van der Waals surface area (Å²) in [6.07, 6.45) is 5.77. The lowest BCUT2D eigenvalue weighted by Crippen LogP contribution is -2.42. The van der Waals surface area contributed by atoms with Crippen molar-refractivity contribution in [1.82, 2.24) is 19.4 Å². The number of piperidine rings is 1. The van der Waals surface area contributed by atoms with E-state index in [0.29, 0.717) is 24.9 Å². The molecule has 2 aliphatic heterocycles. The van der Waals surface area contributed by atoms with Crippen LogP contribution in [0.4, 0.5) is 5.82 Å². The summed E-state index contributed by atoms with van der Waals surface area (Å²) in [4.78, 5) is 10.9. The third kappa shape index (κ3) is 3.00. The highest BCUT2D eigenvalue weighted by molar-refractivity contribution is 14.1. The van der Waals surface area contributed by atoms with E-state index in [1.54, 1.807) is 0 Å². The molecule has 7 nitrogen and oxygen atoms in total. The number of ether oxygens (including phenoxy) is 2. The number of nitrogens with zero attached hydrogens (tertiary/aromatic N) is 4. The van der Waals surface area contributed by atoms with Crippen molar-refractivity contribution < 1.29 is 9.47 Å². The molecule has 0 spiro atoms. The number of nitrogens with two attached hydrogens (primary N) is 1. The van der Waals surface area contributed by atoms with Crippen molar-refractivity contribution in [3.05, 3.63) is 16.1 Å². The summed E-state index contributed by atoms with van der Waals surface area (Å²) >= 11 is 2.27. The highest BCUT2D eigenvalue weighted by atomic mass is 127. The molecule has 0 radical (unpaired) electrons. The Balaban J connectivity index is 1.47. The minimum Gasteiger partial charge on any atom is -0.383 e. The van der Waals surface area contributed by atoms with E-state index in [-0.39, 0.29) is 12.3 Å². The van der Waals surface area contributed by atoms with E-state index >= 15 is 0 Å². The van der Waals surface area contributed by atoms with Crippen molar-refractivity contribution in [2.24, 2.45) is 5.92 Å². The molecule has 0 atom stereocenters. The first-order chi connectivity index (χ1) is 11.6. The monoisotopic (exact) mass is 443 g/mol. The Hall–Kier alpha value is -0.970. The second kappa shape index (κ2) is 6.74. The van der Waals surface area contributed by atoms with Crippen LogP contribution < -0.4 is 5.73 Å². The average Bonchev–Trinajstić information content (AvgIpc) is 2.94. The number of hydrogen-bond acceptors (Lipinski definition) is 6. The molecule has 4 rings (SSSR count). The number of aromatic nitrogens is 3. The summed E-state index contributed by atoms with van der Waals surface area (Å²) in [5, 5.41) is 0.913. The van der Waals surface area contributed by atoms with Crippen LogP contribution in [-0.4, -0.2) is 59.1 Å². The van der Waals surface area contributed by atoms with Crippen LogP contribution in [0, 0.1) is 9.49 Å². The molecular formula is C16H22IN5O2. The van der Waals surface area contributed by atoms with Crippen LogP contribution >= 0.6 is 22.6 Å². The Morgan fingerprint density at radius 1 is 1.21 bits per heavy atom. The fourth-order valence-corrected chi connectivity index (χ4v) is 4.40. The SMILES string of the molecule is CN1CCC([C@H]2OC[C@@H](n3cc(I)c4c(N)ncnc43)CO2)CC1. The van der Waals surface area contributed by atoms with Crippen LogP contribution in [0.3, 0.4) is 0 Å². The molecule has 8 heteroatoms. The Morgan fingerprint density at radius 3 is 2.62 bits per heavy atom. The molecule has 130 valence electrons. The number of hydrogen-bond donors (Lipinski definition) is 1. The Labute approximate surface area is 154 Å². The first kappa shape index (κ1) is 16.5. The maximum atomic E-state index is 6.07. The highest BCUT2D eigenvalue weighted by Gasteiger charge is 2.32. The number of fused-ring (bicyclic) bond motifs is 1. The van der Waals surface area contributed by atoms with Gasteiger partial charge < -0.3 is 24.7 Å². The first-order valence-electron chi connectivity index (χ1n) is 8.31. The molecule has 2 aromatic heterocycles. The maximum absolute atomic E-state index is 6.07. The fourth-order valence-electron chi connectivity index (χ4n) is 3.58. The van der Waals surface area contributed by atoms with E-state index in [9.17, 15) is 0 Å². The zero-order valence-electron chi connectivity index (χ0n) is 13.7. The predicted octanol–water partition coefficient (Wildman–Crippen LogP) is 1.87. The largest absolute Gasteiger partial charge is 0.383 e. The van der Waals surface area contributed by atoms with Crippen LogP contribution in [0.2, 0.25) is 0 Å². The van der Waals surface area contributed by atoms with Crippen LogP contribution in [0.5, 0.6) is 0 Å². The fraction of sp³-hybridized carbons (Fsp3) is 0.625. The van der Waals surface area contributed by atoms with Gasteiger partial charge in [0, 0.05) is 15.7 Å². The summed E-state index contributed by atoms with van der Waals surface area (Å²) in [5.41, 5.74) is 6.84. The van der Waals surface area contributed by atoms with Crippen molar-refractivity contribution in [2.75, 3.05) is 39.1 Å². The van der Waals surface area contributed by atoms with Crippen LogP contribution in [0.1, 0.15) is 18.9 Å². The molecule has 0 aliphatic carbocycles. The number of halogens is 1. The summed E-state index contributed by atoms with van der Waals surface area (Å²) in [7, 11) is 2.17. The molecule has 24 heavy (non-hydrogen) atoms. The van der Waals surface area contributed by atoms with Crippen LogP contribution in [0.15, 0.2) is 12.5 Å². The average molecular weight is 443 g/mol. The van der Waals surface area contributed by atoms with Gasteiger partial charge in [-0.15, -0.1) is 0 Å². The van der Waals surface area contributed by atoms with E-state index < -0.39 is 0 Å². The second-order valence-corrected chi connectivity index (χ2v) is 7.83. The number of likely N-dealkylation sites (tertiary alicyclic amines) is 1. The molecule has 0 saturated carbocycles. The zero-order chi connectivity index (χ0) is 16.7. The van der Waals surface area contributed by atoms with Crippen LogP contribution in [-0.2, 0) is 9.47 Å². The molecule has 4 heterocycles. The van der Waals surface area contributed by atoms with Gasteiger partial charge in [0.1, 0.15) is 17.8 Å². The molecule has 2 fully saturated rings. The Morgan fingerprint density at radius 2 is 1.92 bits per heavy atom. The molecular weight excluding hydrogens is 421 g/mol. The van der Waals surface area contributed by atoms with E-state index in [0.717, 1.165) is 40.5 Å². The third-order valence-corrected chi connectivity index (χ3v) is 5.86. The smallest absolute Gasteiger partial charge is 0.160 e. The van der Waals surface area contributed by atoms with E-state index in [1.165, 1.54) is 6.33 Å². The molecule has 2 N–H and O–H groups in total. The van der Waals surface area contributed by atoms with Gasteiger partial charge >= 0.3 is 0 Å². The summed E-state index contributed by atoms with van der Waals surface area (Å²) in [6.45, 7) is 3.52. The minimum atomic E-state index is -0.0736. The molecule has 0 bridgehead atoms. The van der Waals surface area contributed by atoms with Crippen molar-refractivity contribution >= 4 is 39.4 Å². The Bertz CT molecular complexity index is 721. The van der Waals surface area contributed by atoms with Crippen molar-refractivity contribution in [1.29, 1.82) is 0 Å². The second-order valence-electron chi connectivity index (χ2n) is 6.67. The van der Waals surface area contributed by atoms with Gasteiger partial charge in [0.15, 0.2) is 6.29 Å². The lowest BCUT2D eigenvalue weighted by Gasteiger charge is -2.38. The van der Waals surface area contributed by atoms with Gasteiger partial charge in [-0.2, -0.15) is 0 Å². The molecule has 2 aliphatic rings. The summed E-state index contributed by atoms with van der Waals surface area (Å²) in [6, 6.07) is 0.118. The highest BCUT2D eigenvalue weighted by Crippen LogP contribution is 2.31. The molecule has 2 saturated heterocycles. The maximum Gasteiger partial charge on any atom is 0.160 e. The van der Waals surface area contributed by atoms with E-state index in [4.69, 9.17) is 15.2 Å². The van der Waals surface area contributed by atoms with Gasteiger partial charge in [-0.25, -0.2) is 9.97 Å². The van der Waals surface area contributed by atoms with Gasteiger partial charge in [-0.05, 0) is 55.6 Å². The Kier molecular flexibility index (Phi) is 4.63. The number of nitrogen functional groups attached to an aromatic ring is 1. The molecule has 2 aromatic rings. The third-order valence-electron chi connectivity index (χ3n) is 5.04. The minimum absolute atomic E-state index is 0.0736. The molecule has 0 unspecified atom stereocenters. The summed E-state index contributed by atoms with van der Waals surface area (Å²) in [5.74, 6) is 1.02. The topological polar surface area (TPSA) is 78.4 Å². The number of anilines is 1. The molecule has 0 amide bonds. The number of rotatable bonds is 2. The molecule has 0 aromatic carbocycles. The lowest BCUT2D eigenvalue weighted by molar-refractivity contribution is -0.225. The normalized spacial score (nSPS) is 26.9. The first-order valence-corrected chi connectivity index (χ1v) is 9.39. The van der Waals surface area contributed by atoms with E-state index in [2.05, 4.69) is 55.3 Å². The van der Waals surface area contributed by atoms with Crippen molar-refractivity contribution in [3.63, 3.8) is 0 Å². The zero-order valence-corrected chi connectivity index (χ0v) is 15.8. The van der Waals surface area contributed by atoms with Gasteiger partial charge in [0.2, 0.25) is 0 Å². The van der Waals surface area contributed by atoms with Crippen molar-refractivity contribution in [2.45, 2.75) is 25.2 Å². The van der Waals surface area contributed by atoms with E-state index in [1.807, 2.05) is 0 Å². The van der Waals surface area contributed by atoms with Gasteiger partial charge in [0.25, 0.3) is 0 Å². The van der Waals surface area contributed by atoms with Gasteiger partial charge in [-0.1, -0.05) is 0 Å². The quantitative estimate of drug-likeness (QED) is 0.715.